The Morgan fingerprint density at radius 2 is 2.06 bits per heavy atom. The predicted molar refractivity (Wildman–Crippen MR) is 70.9 cm³/mol. The zero-order valence-corrected chi connectivity index (χ0v) is 10.9. The molecule has 0 unspecified atom stereocenters. The number of carbonyl (C=O) groups excluding carboxylic acids is 1. The van der Waals surface area contributed by atoms with E-state index in [1.807, 2.05) is 19.1 Å². The molecule has 1 aromatic carbocycles. The second kappa shape index (κ2) is 7.07. The molecule has 17 heavy (non-hydrogen) atoms. The molecule has 1 atom stereocenters. The lowest BCUT2D eigenvalue weighted by molar-refractivity contribution is -0.120. The maximum atomic E-state index is 11.3. The van der Waals surface area contributed by atoms with Gasteiger partial charge in [0.25, 0.3) is 0 Å². The van der Waals surface area contributed by atoms with Crippen molar-refractivity contribution in [2.24, 2.45) is 0 Å². The molecule has 1 rings (SSSR count). The van der Waals surface area contributed by atoms with Gasteiger partial charge in [-0.2, -0.15) is 0 Å². The molecule has 0 saturated carbocycles. The average Bonchev–Trinajstić information content (AvgIpc) is 2.29. The number of hydrogen-bond acceptors (Lipinski definition) is 2. The summed E-state index contributed by atoms with van der Waals surface area (Å²) in [5, 5.41) is 6.16. The zero-order chi connectivity index (χ0) is 12.7. The van der Waals surface area contributed by atoms with E-state index >= 15 is 0 Å². The fourth-order valence-corrected chi connectivity index (χ4v) is 1.87. The second-order valence-electron chi connectivity index (χ2n) is 4.24. The van der Waals surface area contributed by atoms with Crippen LogP contribution in [-0.4, -0.2) is 19.0 Å². The SMILES string of the molecule is CCNC(=O)CCN[C@@H](C)c1ccccc1C. The van der Waals surface area contributed by atoms with Crippen LogP contribution in [-0.2, 0) is 4.79 Å². The number of benzene rings is 1. The molecule has 1 amide bonds. The second-order valence-corrected chi connectivity index (χ2v) is 4.24. The minimum absolute atomic E-state index is 0.108. The molecule has 0 saturated heterocycles. The number of carbonyl (C=O) groups is 1. The first-order valence-corrected chi connectivity index (χ1v) is 6.20. The van der Waals surface area contributed by atoms with E-state index < -0.39 is 0 Å². The molecule has 0 spiro atoms. The quantitative estimate of drug-likeness (QED) is 0.792. The van der Waals surface area contributed by atoms with Crippen LogP contribution in [0.5, 0.6) is 0 Å². The van der Waals surface area contributed by atoms with Gasteiger partial charge in [0, 0.05) is 25.6 Å². The number of hydrogen-bond donors (Lipinski definition) is 2. The Bertz CT molecular complexity index is 363. The monoisotopic (exact) mass is 234 g/mol. The molecule has 0 bridgehead atoms. The van der Waals surface area contributed by atoms with E-state index in [9.17, 15) is 4.79 Å². The highest BCUT2D eigenvalue weighted by molar-refractivity contribution is 5.75. The normalized spacial score (nSPS) is 12.2. The van der Waals surface area contributed by atoms with Gasteiger partial charge in [-0.1, -0.05) is 24.3 Å². The van der Waals surface area contributed by atoms with Crippen molar-refractivity contribution in [2.45, 2.75) is 33.2 Å². The molecule has 2 N–H and O–H groups in total. The maximum Gasteiger partial charge on any atom is 0.221 e. The van der Waals surface area contributed by atoms with Crippen molar-refractivity contribution in [1.82, 2.24) is 10.6 Å². The smallest absolute Gasteiger partial charge is 0.221 e. The fourth-order valence-electron chi connectivity index (χ4n) is 1.87. The van der Waals surface area contributed by atoms with Gasteiger partial charge in [0.2, 0.25) is 5.91 Å². The number of amides is 1. The maximum absolute atomic E-state index is 11.3. The molecule has 0 aliphatic carbocycles. The highest BCUT2D eigenvalue weighted by Crippen LogP contribution is 2.16. The summed E-state index contributed by atoms with van der Waals surface area (Å²) in [6.07, 6.45) is 0.532. The van der Waals surface area contributed by atoms with E-state index in [1.165, 1.54) is 11.1 Å². The molecule has 0 aliphatic rings. The van der Waals surface area contributed by atoms with Crippen molar-refractivity contribution >= 4 is 5.91 Å². The lowest BCUT2D eigenvalue weighted by Crippen LogP contribution is -2.28. The summed E-state index contributed by atoms with van der Waals surface area (Å²) in [5.74, 6) is 0.108. The van der Waals surface area contributed by atoms with Crippen LogP contribution in [0.25, 0.3) is 0 Å². The van der Waals surface area contributed by atoms with Gasteiger partial charge in [-0.25, -0.2) is 0 Å². The van der Waals surface area contributed by atoms with E-state index in [0.717, 1.165) is 0 Å². The van der Waals surface area contributed by atoms with Crippen molar-refractivity contribution in [3.63, 3.8) is 0 Å². The summed E-state index contributed by atoms with van der Waals surface area (Å²) in [4.78, 5) is 11.3. The Labute approximate surface area is 104 Å². The lowest BCUT2D eigenvalue weighted by Gasteiger charge is -2.16. The topological polar surface area (TPSA) is 41.1 Å². The summed E-state index contributed by atoms with van der Waals surface area (Å²) >= 11 is 0. The molecule has 0 radical (unpaired) electrons. The fraction of sp³-hybridized carbons (Fsp3) is 0.500. The van der Waals surface area contributed by atoms with Gasteiger partial charge in [-0.05, 0) is 31.9 Å². The molecule has 0 aliphatic heterocycles. The Morgan fingerprint density at radius 3 is 2.71 bits per heavy atom. The predicted octanol–water partition coefficient (Wildman–Crippen LogP) is 2.17. The zero-order valence-electron chi connectivity index (χ0n) is 10.9. The van der Waals surface area contributed by atoms with E-state index in [1.54, 1.807) is 0 Å². The van der Waals surface area contributed by atoms with Gasteiger partial charge < -0.3 is 10.6 Å². The number of nitrogens with one attached hydrogen (secondary N) is 2. The first kappa shape index (κ1) is 13.7. The van der Waals surface area contributed by atoms with Gasteiger partial charge in [0.1, 0.15) is 0 Å². The highest BCUT2D eigenvalue weighted by Gasteiger charge is 2.07. The van der Waals surface area contributed by atoms with Gasteiger partial charge in [0.05, 0.1) is 0 Å². The first-order chi connectivity index (χ1) is 8.15. The Morgan fingerprint density at radius 1 is 1.35 bits per heavy atom. The Balaban J connectivity index is 2.38. The molecular formula is C14H22N2O. The Hall–Kier alpha value is -1.35. The van der Waals surface area contributed by atoms with Crippen molar-refractivity contribution in [1.29, 1.82) is 0 Å². The van der Waals surface area contributed by atoms with Crippen LogP contribution in [0.3, 0.4) is 0 Å². The summed E-state index contributed by atoms with van der Waals surface area (Å²) < 4.78 is 0. The van der Waals surface area contributed by atoms with E-state index in [2.05, 4.69) is 36.6 Å². The van der Waals surface area contributed by atoms with E-state index in [4.69, 9.17) is 0 Å². The van der Waals surface area contributed by atoms with Crippen LogP contribution in [0.4, 0.5) is 0 Å². The molecule has 1 aromatic rings. The molecular weight excluding hydrogens is 212 g/mol. The van der Waals surface area contributed by atoms with Crippen molar-refractivity contribution in [3.05, 3.63) is 35.4 Å². The molecule has 3 nitrogen and oxygen atoms in total. The average molecular weight is 234 g/mol. The standard InChI is InChI=1S/C14H22N2O/c1-4-15-14(17)9-10-16-12(3)13-8-6-5-7-11(13)2/h5-8,12,16H,4,9-10H2,1-3H3,(H,15,17)/t12-/m0/s1. The van der Waals surface area contributed by atoms with Crippen LogP contribution in [0, 0.1) is 6.92 Å². The molecule has 94 valence electrons. The first-order valence-electron chi connectivity index (χ1n) is 6.20. The minimum atomic E-state index is 0.108. The van der Waals surface area contributed by atoms with E-state index in [-0.39, 0.29) is 11.9 Å². The minimum Gasteiger partial charge on any atom is -0.356 e. The number of rotatable bonds is 6. The van der Waals surface area contributed by atoms with Crippen molar-refractivity contribution in [2.75, 3.05) is 13.1 Å². The van der Waals surface area contributed by atoms with Crippen LogP contribution in [0.1, 0.15) is 37.4 Å². The Kier molecular flexibility index (Phi) is 5.70. The third-order valence-electron chi connectivity index (χ3n) is 2.83. The molecule has 3 heteroatoms. The highest BCUT2D eigenvalue weighted by atomic mass is 16.1. The van der Waals surface area contributed by atoms with Gasteiger partial charge >= 0.3 is 0 Å². The summed E-state index contributed by atoms with van der Waals surface area (Å²) in [6.45, 7) is 7.58. The van der Waals surface area contributed by atoms with Crippen molar-refractivity contribution < 1.29 is 4.79 Å². The van der Waals surface area contributed by atoms with Crippen LogP contribution in [0.15, 0.2) is 24.3 Å². The summed E-state index contributed by atoms with van der Waals surface area (Å²) in [6, 6.07) is 8.60. The largest absolute Gasteiger partial charge is 0.356 e. The molecule has 0 heterocycles. The third kappa shape index (κ3) is 4.57. The van der Waals surface area contributed by atoms with Gasteiger partial charge in [-0.15, -0.1) is 0 Å². The van der Waals surface area contributed by atoms with E-state index in [0.29, 0.717) is 19.5 Å². The van der Waals surface area contributed by atoms with Crippen LogP contribution in [0.2, 0.25) is 0 Å². The molecule has 0 aromatic heterocycles. The third-order valence-corrected chi connectivity index (χ3v) is 2.83. The lowest BCUT2D eigenvalue weighted by atomic mass is 10.0. The summed E-state index contributed by atoms with van der Waals surface area (Å²) in [5.41, 5.74) is 2.58. The van der Waals surface area contributed by atoms with Gasteiger partial charge in [-0.3, -0.25) is 4.79 Å². The molecule has 0 fully saturated rings. The number of aryl methyl sites for hydroxylation is 1. The van der Waals surface area contributed by atoms with Gasteiger partial charge in [0.15, 0.2) is 0 Å². The van der Waals surface area contributed by atoms with Crippen LogP contribution >= 0.6 is 0 Å². The van der Waals surface area contributed by atoms with Crippen molar-refractivity contribution in [3.8, 4) is 0 Å². The van der Waals surface area contributed by atoms with Crippen LogP contribution < -0.4 is 10.6 Å². The summed E-state index contributed by atoms with van der Waals surface area (Å²) in [7, 11) is 0.